The second kappa shape index (κ2) is 6.30. The van der Waals surface area contributed by atoms with Gasteiger partial charge in [-0.25, -0.2) is 9.59 Å². The number of rotatable bonds is 5. The molecule has 1 heterocycles. The molecule has 1 aliphatic carbocycles. The summed E-state index contributed by atoms with van der Waals surface area (Å²) in [7, 11) is 0. The number of fused-ring (bicyclic) bond motifs is 1. The molecule has 21 heavy (non-hydrogen) atoms. The molecule has 0 aromatic rings. The molecule has 1 saturated heterocycles. The van der Waals surface area contributed by atoms with E-state index in [1.54, 1.807) is 0 Å². The fourth-order valence-corrected chi connectivity index (χ4v) is 3.17. The Balaban J connectivity index is 1.88. The van der Waals surface area contributed by atoms with Gasteiger partial charge in [-0.1, -0.05) is 0 Å². The molecule has 2 amide bonds. The average Bonchev–Trinajstić information content (AvgIpc) is 2.96. The van der Waals surface area contributed by atoms with E-state index in [1.165, 1.54) is 4.90 Å². The number of hydrogen-bond acceptors (Lipinski definition) is 4. The van der Waals surface area contributed by atoms with Gasteiger partial charge in [0, 0.05) is 25.4 Å². The van der Waals surface area contributed by atoms with Gasteiger partial charge in [0.05, 0.1) is 6.10 Å². The van der Waals surface area contributed by atoms with E-state index in [2.05, 4.69) is 5.32 Å². The summed E-state index contributed by atoms with van der Waals surface area (Å²) in [5.41, 5.74) is 0. The van der Waals surface area contributed by atoms with E-state index in [1.807, 2.05) is 0 Å². The summed E-state index contributed by atoms with van der Waals surface area (Å²) in [5, 5.41) is 29.8. The number of nitrogens with one attached hydrogen (secondary N) is 1. The Bertz CT molecular complexity index is 440. The van der Waals surface area contributed by atoms with E-state index in [0.717, 1.165) is 12.8 Å². The molecule has 2 aliphatic rings. The molecule has 3 unspecified atom stereocenters. The standard InChI is InChI=1S/C13H20N2O6/c16-10-3-1-7-5-15(6-8(7)10)13(21)14-9(12(19)20)2-4-11(17)18/h7-10,16H,1-6H2,(H,14,21)(H,17,18)(H,19,20)/t7?,8?,9-,10?/m0/s1. The summed E-state index contributed by atoms with van der Waals surface area (Å²) in [4.78, 5) is 35.1. The van der Waals surface area contributed by atoms with Crippen molar-refractivity contribution in [3.63, 3.8) is 0 Å². The number of carboxylic acid groups (broad SMARTS) is 2. The zero-order chi connectivity index (χ0) is 15.6. The second-order valence-corrected chi connectivity index (χ2v) is 5.75. The molecule has 8 nitrogen and oxygen atoms in total. The highest BCUT2D eigenvalue weighted by atomic mass is 16.4. The van der Waals surface area contributed by atoms with Crippen LogP contribution in [0.2, 0.25) is 0 Å². The van der Waals surface area contributed by atoms with Crippen molar-refractivity contribution in [3.05, 3.63) is 0 Å². The van der Waals surface area contributed by atoms with Crippen LogP contribution < -0.4 is 5.32 Å². The zero-order valence-corrected chi connectivity index (χ0v) is 11.6. The van der Waals surface area contributed by atoms with Crippen LogP contribution in [0.3, 0.4) is 0 Å². The smallest absolute Gasteiger partial charge is 0.326 e. The fourth-order valence-electron chi connectivity index (χ4n) is 3.17. The van der Waals surface area contributed by atoms with Crippen LogP contribution in [0.5, 0.6) is 0 Å². The van der Waals surface area contributed by atoms with E-state index in [0.29, 0.717) is 13.1 Å². The third kappa shape index (κ3) is 3.63. The minimum absolute atomic E-state index is 0.0676. The summed E-state index contributed by atoms with van der Waals surface area (Å²) in [5.74, 6) is -2.01. The first-order chi connectivity index (χ1) is 9.88. The van der Waals surface area contributed by atoms with Crippen molar-refractivity contribution in [1.29, 1.82) is 0 Å². The minimum atomic E-state index is -1.25. The van der Waals surface area contributed by atoms with Crippen LogP contribution in [0.1, 0.15) is 25.7 Å². The number of amides is 2. The number of carbonyl (C=O) groups is 3. The minimum Gasteiger partial charge on any atom is -0.481 e. The normalized spacial score (nSPS) is 29.0. The number of hydrogen-bond donors (Lipinski definition) is 4. The number of nitrogens with zero attached hydrogens (tertiary/aromatic N) is 1. The highest BCUT2D eigenvalue weighted by Crippen LogP contribution is 2.37. The first kappa shape index (κ1) is 15.6. The third-order valence-corrected chi connectivity index (χ3v) is 4.35. The van der Waals surface area contributed by atoms with Crippen molar-refractivity contribution in [2.75, 3.05) is 13.1 Å². The van der Waals surface area contributed by atoms with Gasteiger partial charge in [0.15, 0.2) is 0 Å². The molecule has 8 heteroatoms. The first-order valence-corrected chi connectivity index (χ1v) is 7.06. The maximum Gasteiger partial charge on any atom is 0.326 e. The molecule has 0 aromatic heterocycles. The molecule has 0 aromatic carbocycles. The SMILES string of the molecule is O=C(O)CC[C@H](NC(=O)N1CC2CCC(O)C2C1)C(=O)O. The van der Waals surface area contributed by atoms with Gasteiger partial charge in [-0.3, -0.25) is 4.79 Å². The largest absolute Gasteiger partial charge is 0.481 e. The molecule has 2 fully saturated rings. The van der Waals surface area contributed by atoms with E-state index < -0.39 is 30.1 Å². The molecule has 0 bridgehead atoms. The van der Waals surface area contributed by atoms with Crippen molar-refractivity contribution in [2.45, 2.75) is 37.8 Å². The van der Waals surface area contributed by atoms with E-state index in [9.17, 15) is 19.5 Å². The number of urea groups is 1. The maximum atomic E-state index is 12.1. The van der Waals surface area contributed by atoms with Gasteiger partial charge in [0.25, 0.3) is 0 Å². The summed E-state index contributed by atoms with van der Waals surface area (Å²) in [6, 6.07) is -1.71. The van der Waals surface area contributed by atoms with Crippen LogP contribution in [0.25, 0.3) is 0 Å². The van der Waals surface area contributed by atoms with Crippen LogP contribution >= 0.6 is 0 Å². The van der Waals surface area contributed by atoms with Crippen LogP contribution in [0.4, 0.5) is 4.79 Å². The number of carbonyl (C=O) groups excluding carboxylic acids is 1. The van der Waals surface area contributed by atoms with Gasteiger partial charge < -0.3 is 25.5 Å². The molecule has 0 radical (unpaired) electrons. The fraction of sp³-hybridized carbons (Fsp3) is 0.769. The van der Waals surface area contributed by atoms with Gasteiger partial charge in [-0.2, -0.15) is 0 Å². The third-order valence-electron chi connectivity index (χ3n) is 4.35. The highest BCUT2D eigenvalue weighted by Gasteiger charge is 2.43. The quantitative estimate of drug-likeness (QED) is 0.553. The lowest BCUT2D eigenvalue weighted by molar-refractivity contribution is -0.140. The number of likely N-dealkylation sites (tertiary alicyclic amines) is 1. The van der Waals surface area contributed by atoms with Crippen molar-refractivity contribution >= 4 is 18.0 Å². The van der Waals surface area contributed by atoms with E-state index in [4.69, 9.17) is 10.2 Å². The predicted molar refractivity (Wildman–Crippen MR) is 70.6 cm³/mol. The van der Waals surface area contributed by atoms with Gasteiger partial charge >= 0.3 is 18.0 Å². The molecule has 0 spiro atoms. The Hall–Kier alpha value is -1.83. The Morgan fingerprint density at radius 3 is 2.48 bits per heavy atom. The summed E-state index contributed by atoms with van der Waals surface area (Å²) < 4.78 is 0. The zero-order valence-electron chi connectivity index (χ0n) is 11.6. The van der Waals surface area contributed by atoms with Crippen LogP contribution in [-0.4, -0.2) is 63.4 Å². The maximum absolute atomic E-state index is 12.1. The van der Waals surface area contributed by atoms with E-state index in [-0.39, 0.29) is 24.7 Å². The summed E-state index contributed by atoms with van der Waals surface area (Å²) in [6.45, 7) is 0.932. The van der Waals surface area contributed by atoms with Crippen LogP contribution in [0.15, 0.2) is 0 Å². The molecule has 4 atom stereocenters. The molecular weight excluding hydrogens is 280 g/mol. The molecule has 1 saturated carbocycles. The number of aliphatic hydroxyl groups is 1. The van der Waals surface area contributed by atoms with Gasteiger partial charge in [0.1, 0.15) is 6.04 Å². The lowest BCUT2D eigenvalue weighted by Gasteiger charge is -2.22. The molecule has 118 valence electrons. The van der Waals surface area contributed by atoms with Crippen molar-refractivity contribution in [1.82, 2.24) is 10.2 Å². The Labute approximate surface area is 121 Å². The lowest BCUT2D eigenvalue weighted by Crippen LogP contribution is -2.47. The molecule has 4 N–H and O–H groups in total. The van der Waals surface area contributed by atoms with Crippen LogP contribution in [0, 0.1) is 11.8 Å². The topological polar surface area (TPSA) is 127 Å². The Morgan fingerprint density at radius 2 is 1.90 bits per heavy atom. The van der Waals surface area contributed by atoms with E-state index >= 15 is 0 Å². The Kier molecular flexibility index (Phi) is 4.66. The molecule has 2 rings (SSSR count). The van der Waals surface area contributed by atoms with Crippen molar-refractivity contribution in [2.24, 2.45) is 11.8 Å². The molecular formula is C13H20N2O6. The van der Waals surface area contributed by atoms with Crippen LogP contribution in [-0.2, 0) is 9.59 Å². The lowest BCUT2D eigenvalue weighted by atomic mass is 10.00. The number of carboxylic acids is 2. The molecule has 1 aliphatic heterocycles. The second-order valence-electron chi connectivity index (χ2n) is 5.75. The highest BCUT2D eigenvalue weighted by molar-refractivity contribution is 5.83. The predicted octanol–water partition coefficient (Wildman–Crippen LogP) is -0.283. The van der Waals surface area contributed by atoms with Gasteiger partial charge in [-0.15, -0.1) is 0 Å². The monoisotopic (exact) mass is 300 g/mol. The average molecular weight is 300 g/mol. The summed E-state index contributed by atoms with van der Waals surface area (Å²) >= 11 is 0. The number of aliphatic carboxylic acids is 2. The summed E-state index contributed by atoms with van der Waals surface area (Å²) in [6.07, 6.45) is 0.758. The Morgan fingerprint density at radius 1 is 1.19 bits per heavy atom. The van der Waals surface area contributed by atoms with Crippen molar-refractivity contribution < 1.29 is 29.7 Å². The number of aliphatic hydroxyl groups excluding tert-OH is 1. The van der Waals surface area contributed by atoms with Gasteiger partial charge in [-0.05, 0) is 25.2 Å². The van der Waals surface area contributed by atoms with Gasteiger partial charge in [0.2, 0.25) is 0 Å². The first-order valence-electron chi connectivity index (χ1n) is 7.06. The van der Waals surface area contributed by atoms with Crippen molar-refractivity contribution in [3.8, 4) is 0 Å².